The maximum Gasteiger partial charge on any atom is 0.417 e. The zero-order valence-electron chi connectivity index (χ0n) is 23.5. The quantitative estimate of drug-likeness (QED) is 0.177. The minimum atomic E-state index is -4.81. The van der Waals surface area contributed by atoms with E-state index in [1.807, 2.05) is 22.6 Å². The molecule has 1 spiro atoms. The zero-order chi connectivity index (χ0) is 32.3. The fourth-order valence-corrected chi connectivity index (χ4v) is 6.94. The number of carbonyl (C=O) groups is 4. The van der Waals surface area contributed by atoms with Gasteiger partial charge in [-0.1, -0.05) is 36.4 Å². The van der Waals surface area contributed by atoms with Gasteiger partial charge in [-0.2, -0.15) is 13.2 Å². The number of oxazole rings is 1. The molecule has 0 bridgehead atoms. The number of H-pyrrole nitrogens is 1. The van der Waals surface area contributed by atoms with Gasteiger partial charge < -0.3 is 14.6 Å². The van der Waals surface area contributed by atoms with E-state index in [1.54, 1.807) is 26.0 Å². The lowest BCUT2D eigenvalue weighted by molar-refractivity contribution is -0.139. The predicted octanol–water partition coefficient (Wildman–Crippen LogP) is 3.91. The Balaban J connectivity index is 1.40. The topological polar surface area (TPSA) is 136 Å². The molecule has 5 rings (SSSR count). The number of aromatic amines is 1. The van der Waals surface area contributed by atoms with Crippen molar-refractivity contribution in [2.24, 2.45) is 5.92 Å². The summed E-state index contributed by atoms with van der Waals surface area (Å²) >= 11 is 1.99. The molecule has 2 aromatic carbocycles. The number of nitrogens with one attached hydrogen (secondary N) is 2. The molecule has 1 aromatic heterocycles. The number of alkyl halides is 4. The Morgan fingerprint density at radius 2 is 1.84 bits per heavy atom. The van der Waals surface area contributed by atoms with Gasteiger partial charge in [0.2, 0.25) is 5.91 Å². The Morgan fingerprint density at radius 1 is 1.14 bits per heavy atom. The smallest absolute Gasteiger partial charge is 0.408 e. The molecule has 3 unspecified atom stereocenters. The van der Waals surface area contributed by atoms with Crippen LogP contribution in [0.5, 0.6) is 0 Å². The van der Waals surface area contributed by atoms with Gasteiger partial charge in [-0.3, -0.25) is 29.2 Å². The standard InChI is InChI=1S/C28H26F4IN5O6/c1-13(2)21(35-22(39)16-10-14(28(30,31)32)4-6-17(16)29)23(40)37-9-8-27(20(33)12-37)24(41)36(3)26(43)38(27)15-5-7-18-19(11-15)44-25(42)34-18/h4-7,10-11,13,20-21H,8-9,12H2,1-3H3,(H,34,42)(H,35,39). The number of halogens is 5. The van der Waals surface area contributed by atoms with E-state index >= 15 is 0 Å². The van der Waals surface area contributed by atoms with E-state index < -0.39 is 74.1 Å². The number of piperidine rings is 1. The summed E-state index contributed by atoms with van der Waals surface area (Å²) in [4.78, 5) is 71.5. The number of urea groups is 1. The summed E-state index contributed by atoms with van der Waals surface area (Å²) in [6.45, 7) is 3.19. The Labute approximate surface area is 260 Å². The van der Waals surface area contributed by atoms with Crippen LogP contribution in [0.3, 0.4) is 0 Å². The average Bonchev–Trinajstić information content (AvgIpc) is 3.41. The van der Waals surface area contributed by atoms with Crippen LogP contribution in [0.1, 0.15) is 36.2 Å². The van der Waals surface area contributed by atoms with Crippen LogP contribution in [0, 0.1) is 11.7 Å². The largest absolute Gasteiger partial charge is 0.417 e. The molecule has 3 heterocycles. The second-order valence-electron chi connectivity index (χ2n) is 11.0. The average molecular weight is 731 g/mol. The number of anilines is 1. The van der Waals surface area contributed by atoms with Crippen molar-refractivity contribution < 1.29 is 41.2 Å². The molecule has 2 saturated heterocycles. The van der Waals surface area contributed by atoms with Gasteiger partial charge >= 0.3 is 18.0 Å². The first-order valence-electron chi connectivity index (χ1n) is 13.4. The van der Waals surface area contributed by atoms with Crippen molar-refractivity contribution in [3.05, 3.63) is 63.9 Å². The van der Waals surface area contributed by atoms with Gasteiger partial charge in [0.15, 0.2) is 5.58 Å². The van der Waals surface area contributed by atoms with E-state index in [0.29, 0.717) is 29.4 Å². The van der Waals surface area contributed by atoms with E-state index in [1.165, 1.54) is 22.9 Å². The summed E-state index contributed by atoms with van der Waals surface area (Å²) in [7, 11) is 1.35. The molecule has 11 nitrogen and oxygen atoms in total. The fraction of sp³-hybridized carbons (Fsp3) is 0.393. The monoisotopic (exact) mass is 731 g/mol. The number of aromatic nitrogens is 1. The van der Waals surface area contributed by atoms with Gasteiger partial charge in [-0.25, -0.2) is 14.0 Å². The molecule has 234 valence electrons. The lowest BCUT2D eigenvalue weighted by Crippen LogP contribution is -2.66. The van der Waals surface area contributed by atoms with Gasteiger partial charge in [0.1, 0.15) is 17.4 Å². The third-order valence-corrected chi connectivity index (χ3v) is 9.37. The summed E-state index contributed by atoms with van der Waals surface area (Å²) in [6, 6.07) is 4.19. The molecular weight excluding hydrogens is 705 g/mol. The first-order chi connectivity index (χ1) is 20.6. The molecule has 2 fully saturated rings. The molecule has 0 aliphatic carbocycles. The van der Waals surface area contributed by atoms with Crippen LogP contribution >= 0.6 is 22.6 Å². The number of nitrogens with zero attached hydrogens (tertiary/aromatic N) is 3. The number of hydrogen-bond donors (Lipinski definition) is 2. The van der Waals surface area contributed by atoms with Crippen molar-refractivity contribution in [3.8, 4) is 0 Å². The number of likely N-dealkylation sites (N-methyl/N-ethyl adjacent to an activating group) is 1. The van der Waals surface area contributed by atoms with Crippen LogP contribution in [0.25, 0.3) is 11.1 Å². The molecule has 44 heavy (non-hydrogen) atoms. The lowest BCUT2D eigenvalue weighted by atomic mass is 9.84. The summed E-state index contributed by atoms with van der Waals surface area (Å²) < 4.78 is 58.4. The van der Waals surface area contributed by atoms with Gasteiger partial charge in [0.25, 0.3) is 11.8 Å². The molecule has 3 aromatic rings. The zero-order valence-corrected chi connectivity index (χ0v) is 25.7. The first-order valence-corrected chi connectivity index (χ1v) is 14.7. The van der Waals surface area contributed by atoms with Gasteiger partial charge in [0.05, 0.1) is 26.3 Å². The van der Waals surface area contributed by atoms with E-state index in [4.69, 9.17) is 4.42 Å². The summed E-state index contributed by atoms with van der Waals surface area (Å²) in [5, 5.41) is 2.38. The molecule has 16 heteroatoms. The number of carbonyl (C=O) groups excluding carboxylic acids is 4. The lowest BCUT2D eigenvalue weighted by Gasteiger charge is -2.46. The molecule has 2 aliphatic heterocycles. The molecule has 3 atom stereocenters. The third kappa shape index (κ3) is 5.21. The Hall–Kier alpha value is -3.96. The molecule has 2 aliphatic rings. The molecular formula is C28H26F4IN5O6. The second kappa shape index (κ2) is 11.2. The van der Waals surface area contributed by atoms with Crippen LogP contribution in [-0.4, -0.2) is 74.2 Å². The van der Waals surface area contributed by atoms with E-state index in [2.05, 4.69) is 10.3 Å². The summed E-state index contributed by atoms with van der Waals surface area (Å²) in [5.74, 6) is -4.65. The van der Waals surface area contributed by atoms with E-state index in [-0.39, 0.29) is 25.1 Å². The first kappa shape index (κ1) is 31.5. The molecule has 0 saturated carbocycles. The highest BCUT2D eigenvalue weighted by Gasteiger charge is 2.62. The number of rotatable bonds is 5. The highest BCUT2D eigenvalue weighted by molar-refractivity contribution is 14.1. The van der Waals surface area contributed by atoms with Crippen molar-refractivity contribution in [2.45, 2.75) is 41.9 Å². The van der Waals surface area contributed by atoms with Crippen LogP contribution in [-0.2, 0) is 15.8 Å². The number of benzene rings is 2. The van der Waals surface area contributed by atoms with Crippen LogP contribution in [0.15, 0.2) is 45.6 Å². The number of fused-ring (bicyclic) bond motifs is 1. The Kier molecular flexibility index (Phi) is 8.00. The number of amides is 5. The SMILES string of the molecule is CC(C)C(NC(=O)c1cc(C(F)(F)F)ccc1F)C(=O)N1CCC2(C(=O)N(C)C(=O)N2c2ccc3[nH]c(=O)oc3c2)C(I)C1. The van der Waals surface area contributed by atoms with Gasteiger partial charge in [-0.15, -0.1) is 0 Å². The van der Waals surface area contributed by atoms with Crippen molar-refractivity contribution >= 4 is 63.1 Å². The van der Waals surface area contributed by atoms with Gasteiger partial charge in [0, 0.05) is 26.2 Å². The summed E-state index contributed by atoms with van der Waals surface area (Å²) in [5.41, 5.74) is -2.58. The third-order valence-electron chi connectivity index (χ3n) is 7.95. The maximum atomic E-state index is 14.4. The highest BCUT2D eigenvalue weighted by Crippen LogP contribution is 2.44. The van der Waals surface area contributed by atoms with Gasteiger partial charge in [-0.05, 0) is 42.7 Å². The number of hydrogen-bond acceptors (Lipinski definition) is 6. The minimum absolute atomic E-state index is 0.0113. The Bertz CT molecular complexity index is 1740. The van der Waals surface area contributed by atoms with Crippen LogP contribution in [0.2, 0.25) is 0 Å². The fourth-order valence-electron chi connectivity index (χ4n) is 5.60. The van der Waals surface area contributed by atoms with Crippen LogP contribution < -0.4 is 16.0 Å². The molecule has 5 amide bonds. The highest BCUT2D eigenvalue weighted by atomic mass is 127. The predicted molar refractivity (Wildman–Crippen MR) is 157 cm³/mol. The van der Waals surface area contributed by atoms with Crippen molar-refractivity contribution in [2.75, 3.05) is 25.0 Å². The Morgan fingerprint density at radius 3 is 2.48 bits per heavy atom. The van der Waals surface area contributed by atoms with E-state index in [0.717, 1.165) is 4.90 Å². The van der Waals surface area contributed by atoms with Crippen LogP contribution in [0.4, 0.5) is 28.0 Å². The number of likely N-dealkylation sites (tertiary alicyclic amines) is 1. The summed E-state index contributed by atoms with van der Waals surface area (Å²) in [6.07, 6.45) is -4.80. The molecule has 0 radical (unpaired) electrons. The van der Waals surface area contributed by atoms with E-state index in [9.17, 15) is 41.5 Å². The molecule has 2 N–H and O–H groups in total. The van der Waals surface area contributed by atoms with Crippen molar-refractivity contribution in [1.29, 1.82) is 0 Å². The second-order valence-corrected chi connectivity index (χ2v) is 12.5. The van der Waals surface area contributed by atoms with Crippen molar-refractivity contribution in [3.63, 3.8) is 0 Å². The normalized spacial score (nSPS) is 21.6. The minimum Gasteiger partial charge on any atom is -0.408 e. The maximum absolute atomic E-state index is 14.4. The number of imide groups is 1. The van der Waals surface area contributed by atoms with Crippen molar-refractivity contribution in [1.82, 2.24) is 20.1 Å².